The number of ether oxygens (including phenoxy) is 2. The van der Waals surface area contributed by atoms with Crippen molar-refractivity contribution in [2.45, 2.75) is 31.5 Å². The van der Waals surface area contributed by atoms with E-state index in [-0.39, 0.29) is 6.10 Å². The maximum absolute atomic E-state index is 9.21. The highest BCUT2D eigenvalue weighted by atomic mass is 79.9. The van der Waals surface area contributed by atoms with E-state index in [1.54, 1.807) is 0 Å². The summed E-state index contributed by atoms with van der Waals surface area (Å²) >= 11 is 3.53. The van der Waals surface area contributed by atoms with Crippen LogP contribution in [0.1, 0.15) is 18.4 Å². The summed E-state index contributed by atoms with van der Waals surface area (Å²) in [6, 6.07) is 4.37. The van der Waals surface area contributed by atoms with Crippen molar-refractivity contribution in [2.75, 3.05) is 6.79 Å². The number of rotatable bonds is 3. The average Bonchev–Trinajstić information content (AvgIpc) is 2.69. The van der Waals surface area contributed by atoms with Gasteiger partial charge in [-0.3, -0.25) is 0 Å². The Morgan fingerprint density at radius 1 is 1.29 bits per heavy atom. The fourth-order valence-electron chi connectivity index (χ4n) is 2.10. The van der Waals surface area contributed by atoms with Crippen LogP contribution in [0, 0.1) is 0 Å². The summed E-state index contributed by atoms with van der Waals surface area (Å²) in [5.41, 5.74) is 1.15. The summed E-state index contributed by atoms with van der Waals surface area (Å²) in [4.78, 5) is 0. The first-order valence-electron chi connectivity index (χ1n) is 5.72. The Balaban J connectivity index is 1.66. The van der Waals surface area contributed by atoms with E-state index in [0.29, 0.717) is 12.8 Å². The second-order valence-corrected chi connectivity index (χ2v) is 5.35. The third-order valence-corrected chi connectivity index (χ3v) is 3.97. The monoisotopic (exact) mass is 299 g/mol. The molecule has 0 amide bonds. The smallest absolute Gasteiger partial charge is 0.231 e. The fraction of sp³-hybridized carbons (Fsp3) is 0.500. The molecule has 2 aliphatic rings. The molecule has 1 aliphatic heterocycles. The standard InChI is InChI=1S/C12H14BrNO3/c13-10-4-12-11(16-6-17-12)1-7(10)5-14-8-2-9(15)3-8/h1,4,8-9,14-15H,2-3,5-6H2. The molecule has 3 rings (SSSR count). The van der Waals surface area contributed by atoms with Gasteiger partial charge in [0.2, 0.25) is 6.79 Å². The summed E-state index contributed by atoms with van der Waals surface area (Å²) in [7, 11) is 0. The molecule has 1 aliphatic carbocycles. The summed E-state index contributed by atoms with van der Waals surface area (Å²) in [6.07, 6.45) is 1.58. The Hall–Kier alpha value is -0.780. The lowest BCUT2D eigenvalue weighted by molar-refractivity contribution is 0.0619. The van der Waals surface area contributed by atoms with Crippen molar-refractivity contribution in [3.63, 3.8) is 0 Å². The highest BCUT2D eigenvalue weighted by Gasteiger charge is 2.26. The van der Waals surface area contributed by atoms with Crippen molar-refractivity contribution in [2.24, 2.45) is 0 Å². The van der Waals surface area contributed by atoms with Crippen molar-refractivity contribution in [1.29, 1.82) is 0 Å². The van der Waals surface area contributed by atoms with Crippen molar-refractivity contribution >= 4 is 15.9 Å². The van der Waals surface area contributed by atoms with E-state index in [1.165, 1.54) is 0 Å². The van der Waals surface area contributed by atoms with E-state index in [0.717, 1.165) is 40.9 Å². The zero-order chi connectivity index (χ0) is 11.8. The van der Waals surface area contributed by atoms with Crippen LogP contribution in [0.3, 0.4) is 0 Å². The van der Waals surface area contributed by atoms with Crippen LogP contribution in [0.4, 0.5) is 0 Å². The molecule has 5 heteroatoms. The van der Waals surface area contributed by atoms with E-state index >= 15 is 0 Å². The Labute approximate surface area is 108 Å². The highest BCUT2D eigenvalue weighted by molar-refractivity contribution is 9.10. The fourth-order valence-corrected chi connectivity index (χ4v) is 2.57. The molecule has 0 saturated heterocycles. The van der Waals surface area contributed by atoms with Gasteiger partial charge in [0, 0.05) is 17.1 Å². The largest absolute Gasteiger partial charge is 0.454 e. The molecule has 0 unspecified atom stereocenters. The van der Waals surface area contributed by atoms with Gasteiger partial charge in [-0.05, 0) is 30.5 Å². The normalized spacial score (nSPS) is 25.8. The van der Waals surface area contributed by atoms with Crippen LogP contribution >= 0.6 is 15.9 Å². The predicted molar refractivity (Wildman–Crippen MR) is 66.1 cm³/mol. The molecular formula is C12H14BrNO3. The Morgan fingerprint density at radius 3 is 2.71 bits per heavy atom. The van der Waals surface area contributed by atoms with Gasteiger partial charge in [-0.1, -0.05) is 15.9 Å². The van der Waals surface area contributed by atoms with Gasteiger partial charge in [0.1, 0.15) is 0 Å². The molecule has 0 aromatic heterocycles. The minimum Gasteiger partial charge on any atom is -0.454 e. The highest BCUT2D eigenvalue weighted by Crippen LogP contribution is 2.37. The maximum atomic E-state index is 9.21. The van der Waals surface area contributed by atoms with Gasteiger partial charge in [-0.25, -0.2) is 0 Å². The number of aliphatic hydroxyl groups excluding tert-OH is 1. The zero-order valence-corrected chi connectivity index (χ0v) is 10.9. The molecule has 0 bridgehead atoms. The van der Waals surface area contributed by atoms with Crippen LogP contribution < -0.4 is 14.8 Å². The summed E-state index contributed by atoms with van der Waals surface area (Å²) in [5.74, 6) is 1.60. The first-order valence-corrected chi connectivity index (χ1v) is 6.51. The third-order valence-electron chi connectivity index (χ3n) is 3.24. The lowest BCUT2D eigenvalue weighted by Gasteiger charge is -2.32. The lowest BCUT2D eigenvalue weighted by atomic mass is 9.89. The minimum absolute atomic E-state index is 0.118. The van der Waals surface area contributed by atoms with Crippen molar-refractivity contribution < 1.29 is 14.6 Å². The van der Waals surface area contributed by atoms with Crippen LogP contribution in [0.15, 0.2) is 16.6 Å². The summed E-state index contributed by atoms with van der Waals surface area (Å²) in [5, 5.41) is 12.6. The molecule has 0 radical (unpaired) electrons. The molecule has 17 heavy (non-hydrogen) atoms. The van der Waals surface area contributed by atoms with Crippen LogP contribution in [-0.4, -0.2) is 24.0 Å². The SMILES string of the molecule is OC1CC(NCc2cc3c(cc2Br)OCO3)C1. The van der Waals surface area contributed by atoms with Gasteiger partial charge in [0.25, 0.3) is 0 Å². The Morgan fingerprint density at radius 2 is 2.00 bits per heavy atom. The Bertz CT molecular complexity index is 432. The Kier molecular flexibility index (Phi) is 2.98. The van der Waals surface area contributed by atoms with Gasteiger partial charge in [0.05, 0.1) is 6.10 Å². The van der Waals surface area contributed by atoms with Gasteiger partial charge < -0.3 is 19.9 Å². The number of nitrogens with one attached hydrogen (secondary N) is 1. The zero-order valence-electron chi connectivity index (χ0n) is 9.28. The summed E-state index contributed by atoms with van der Waals surface area (Å²) < 4.78 is 11.7. The van der Waals surface area contributed by atoms with Crippen molar-refractivity contribution in [1.82, 2.24) is 5.32 Å². The molecule has 4 nitrogen and oxygen atoms in total. The van der Waals surface area contributed by atoms with Gasteiger partial charge >= 0.3 is 0 Å². The van der Waals surface area contributed by atoms with Crippen LogP contribution in [0.2, 0.25) is 0 Å². The number of benzene rings is 1. The molecule has 1 heterocycles. The third kappa shape index (κ3) is 2.27. The molecular weight excluding hydrogens is 286 g/mol. The molecule has 1 saturated carbocycles. The molecule has 2 N–H and O–H groups in total. The molecule has 1 aromatic carbocycles. The summed E-state index contributed by atoms with van der Waals surface area (Å²) in [6.45, 7) is 1.07. The minimum atomic E-state index is -0.118. The number of hydrogen-bond donors (Lipinski definition) is 2. The second-order valence-electron chi connectivity index (χ2n) is 4.50. The first kappa shape index (κ1) is 11.3. The van der Waals surface area contributed by atoms with Gasteiger partial charge in [-0.15, -0.1) is 0 Å². The van der Waals surface area contributed by atoms with E-state index in [2.05, 4.69) is 21.2 Å². The van der Waals surface area contributed by atoms with Crippen molar-refractivity contribution in [3.8, 4) is 11.5 Å². The predicted octanol–water partition coefficient (Wildman–Crippen LogP) is 1.79. The van der Waals surface area contributed by atoms with Gasteiger partial charge in [0.15, 0.2) is 11.5 Å². The lowest BCUT2D eigenvalue weighted by Crippen LogP contribution is -2.43. The van der Waals surface area contributed by atoms with Crippen LogP contribution in [-0.2, 0) is 6.54 Å². The number of fused-ring (bicyclic) bond motifs is 1. The van der Waals surface area contributed by atoms with Crippen LogP contribution in [0.5, 0.6) is 11.5 Å². The number of aliphatic hydroxyl groups is 1. The molecule has 0 spiro atoms. The van der Waals surface area contributed by atoms with Gasteiger partial charge in [-0.2, -0.15) is 0 Å². The topological polar surface area (TPSA) is 50.7 Å². The molecule has 1 aromatic rings. The maximum Gasteiger partial charge on any atom is 0.231 e. The van der Waals surface area contributed by atoms with Crippen molar-refractivity contribution in [3.05, 3.63) is 22.2 Å². The number of halogens is 1. The number of hydrogen-bond acceptors (Lipinski definition) is 4. The second kappa shape index (κ2) is 4.48. The average molecular weight is 300 g/mol. The van der Waals surface area contributed by atoms with E-state index < -0.39 is 0 Å². The molecule has 92 valence electrons. The molecule has 0 atom stereocenters. The van der Waals surface area contributed by atoms with Crippen LogP contribution in [0.25, 0.3) is 0 Å². The van der Waals surface area contributed by atoms with E-state index in [9.17, 15) is 5.11 Å². The van der Waals surface area contributed by atoms with E-state index in [4.69, 9.17) is 9.47 Å². The first-order chi connectivity index (χ1) is 8.22. The molecule has 1 fully saturated rings. The quantitative estimate of drug-likeness (QED) is 0.893. The van der Waals surface area contributed by atoms with E-state index in [1.807, 2.05) is 12.1 Å².